The van der Waals surface area contributed by atoms with E-state index in [1.807, 2.05) is 21.1 Å². The molecule has 0 aliphatic carbocycles. The minimum atomic E-state index is -0.925. The van der Waals surface area contributed by atoms with Crippen molar-refractivity contribution in [2.75, 3.05) is 40.8 Å². The lowest BCUT2D eigenvalue weighted by Crippen LogP contribution is -2.36. The Morgan fingerprint density at radius 3 is 2.29 bits per heavy atom. The Hall–Kier alpha value is -0.650. The Morgan fingerprint density at radius 2 is 1.86 bits per heavy atom. The number of carbonyl (C=O) groups is 1. The molecule has 0 amide bonds. The van der Waals surface area contributed by atoms with Crippen molar-refractivity contribution < 1.29 is 9.90 Å². The van der Waals surface area contributed by atoms with Crippen LogP contribution >= 0.6 is 0 Å². The van der Waals surface area contributed by atoms with Gasteiger partial charge in [0.1, 0.15) is 6.04 Å². The van der Waals surface area contributed by atoms with Crippen LogP contribution in [0, 0.1) is 0 Å². The molecule has 5 heteroatoms. The molecule has 0 aliphatic rings. The van der Waals surface area contributed by atoms with Crippen LogP contribution in [0.15, 0.2) is 0 Å². The fourth-order valence-electron chi connectivity index (χ4n) is 0.965. The Morgan fingerprint density at radius 1 is 1.29 bits per heavy atom. The summed E-state index contributed by atoms with van der Waals surface area (Å²) in [6.45, 7) is 2.62. The average molecular weight is 203 g/mol. The molecule has 0 saturated heterocycles. The lowest BCUT2D eigenvalue weighted by molar-refractivity contribution is -0.138. The molecule has 1 atom stereocenters. The molecule has 0 heterocycles. The quantitative estimate of drug-likeness (QED) is 0.571. The topological polar surface area (TPSA) is 69.8 Å². The smallest absolute Gasteiger partial charge is 0.320 e. The van der Waals surface area contributed by atoms with Gasteiger partial charge in [0.15, 0.2) is 0 Å². The molecule has 3 N–H and O–H groups in total. The van der Waals surface area contributed by atoms with Gasteiger partial charge in [-0.15, -0.1) is 0 Å². The van der Waals surface area contributed by atoms with Gasteiger partial charge in [0.05, 0.1) is 0 Å². The number of likely N-dealkylation sites (N-methyl/N-ethyl adjacent to an activating group) is 2. The van der Waals surface area contributed by atoms with Crippen LogP contribution in [0.1, 0.15) is 6.42 Å². The number of aliphatic carboxylic acids is 1. The molecule has 1 unspecified atom stereocenters. The molecular formula is C9H21N3O2. The number of carboxylic acid groups (broad SMARTS) is 1. The first-order valence-electron chi connectivity index (χ1n) is 4.75. The predicted octanol–water partition coefficient (Wildman–Crippen LogP) is -0.718. The van der Waals surface area contributed by atoms with Crippen molar-refractivity contribution in [1.29, 1.82) is 0 Å². The van der Waals surface area contributed by atoms with Crippen LogP contribution < -0.4 is 5.73 Å². The van der Waals surface area contributed by atoms with Crippen molar-refractivity contribution in [1.82, 2.24) is 9.80 Å². The molecule has 0 fully saturated rings. The van der Waals surface area contributed by atoms with Crippen molar-refractivity contribution in [2.24, 2.45) is 5.73 Å². The minimum absolute atomic E-state index is 0.499. The highest BCUT2D eigenvalue weighted by Crippen LogP contribution is 1.92. The number of hydrogen-bond donors (Lipinski definition) is 2. The first kappa shape index (κ1) is 13.4. The Labute approximate surface area is 85.5 Å². The van der Waals surface area contributed by atoms with E-state index in [0.717, 1.165) is 19.6 Å². The van der Waals surface area contributed by atoms with Gasteiger partial charge in [-0.1, -0.05) is 0 Å². The first-order valence-corrected chi connectivity index (χ1v) is 4.75. The predicted molar refractivity (Wildman–Crippen MR) is 56.3 cm³/mol. The van der Waals surface area contributed by atoms with Crippen molar-refractivity contribution in [3.05, 3.63) is 0 Å². The van der Waals surface area contributed by atoms with Gasteiger partial charge >= 0.3 is 5.97 Å². The fraction of sp³-hybridized carbons (Fsp3) is 0.889. The maximum atomic E-state index is 10.4. The summed E-state index contributed by atoms with van der Waals surface area (Å²) in [7, 11) is 5.99. The van der Waals surface area contributed by atoms with Crippen LogP contribution in [0.25, 0.3) is 0 Å². The Bertz CT molecular complexity index is 173. The second-order valence-corrected chi connectivity index (χ2v) is 3.84. The summed E-state index contributed by atoms with van der Waals surface area (Å²) in [6, 6.07) is -0.739. The molecule has 84 valence electrons. The van der Waals surface area contributed by atoms with E-state index >= 15 is 0 Å². The van der Waals surface area contributed by atoms with Gasteiger partial charge in [0, 0.05) is 13.1 Å². The van der Waals surface area contributed by atoms with Crippen LogP contribution in [-0.2, 0) is 4.79 Å². The number of carboxylic acids is 1. The molecule has 0 radical (unpaired) electrons. The van der Waals surface area contributed by atoms with E-state index in [-0.39, 0.29) is 0 Å². The highest BCUT2D eigenvalue weighted by molar-refractivity contribution is 5.72. The van der Waals surface area contributed by atoms with E-state index in [2.05, 4.69) is 9.80 Å². The van der Waals surface area contributed by atoms with E-state index in [1.54, 1.807) is 0 Å². The lowest BCUT2D eigenvalue weighted by atomic mass is 10.2. The molecule has 0 spiro atoms. The van der Waals surface area contributed by atoms with Gasteiger partial charge in [-0.2, -0.15) is 0 Å². The van der Waals surface area contributed by atoms with Crippen LogP contribution in [0.5, 0.6) is 0 Å². The largest absolute Gasteiger partial charge is 0.480 e. The highest BCUT2D eigenvalue weighted by Gasteiger charge is 2.11. The zero-order valence-electron chi connectivity index (χ0n) is 9.23. The maximum Gasteiger partial charge on any atom is 0.320 e. The van der Waals surface area contributed by atoms with Gasteiger partial charge < -0.3 is 20.6 Å². The molecule has 0 aromatic rings. The molecule has 0 saturated carbocycles. The molecule has 0 bridgehead atoms. The van der Waals surface area contributed by atoms with Gasteiger partial charge in [0.2, 0.25) is 0 Å². The summed E-state index contributed by atoms with van der Waals surface area (Å²) in [5.41, 5.74) is 5.38. The van der Waals surface area contributed by atoms with E-state index in [9.17, 15) is 4.79 Å². The summed E-state index contributed by atoms with van der Waals surface area (Å²) in [5, 5.41) is 8.56. The summed E-state index contributed by atoms with van der Waals surface area (Å²) >= 11 is 0. The number of nitrogens with zero attached hydrogens (tertiary/aromatic N) is 2. The van der Waals surface area contributed by atoms with Gasteiger partial charge in [-0.05, 0) is 34.1 Å². The third-order valence-electron chi connectivity index (χ3n) is 2.07. The molecule has 0 aromatic heterocycles. The van der Waals surface area contributed by atoms with Crippen molar-refractivity contribution in [2.45, 2.75) is 12.5 Å². The fourth-order valence-corrected chi connectivity index (χ4v) is 0.965. The van der Waals surface area contributed by atoms with Gasteiger partial charge in [-0.25, -0.2) is 0 Å². The van der Waals surface area contributed by atoms with Crippen LogP contribution in [0.3, 0.4) is 0 Å². The monoisotopic (exact) mass is 203 g/mol. The van der Waals surface area contributed by atoms with Crippen LogP contribution in [-0.4, -0.2) is 67.7 Å². The first-order chi connectivity index (χ1) is 6.43. The average Bonchev–Trinajstić information content (AvgIpc) is 2.10. The highest BCUT2D eigenvalue weighted by atomic mass is 16.4. The van der Waals surface area contributed by atoms with Crippen LogP contribution in [0.2, 0.25) is 0 Å². The van der Waals surface area contributed by atoms with Crippen molar-refractivity contribution in [3.8, 4) is 0 Å². The third kappa shape index (κ3) is 6.82. The summed E-state index contributed by atoms with van der Waals surface area (Å²) < 4.78 is 0. The van der Waals surface area contributed by atoms with E-state index < -0.39 is 12.0 Å². The zero-order valence-corrected chi connectivity index (χ0v) is 9.23. The normalized spacial score (nSPS) is 13.6. The zero-order chi connectivity index (χ0) is 11.1. The standard InChI is InChI=1S/C9H21N3O2/c1-11(2)6-7-12(3)5-4-8(10)9(13)14/h8H,4-7,10H2,1-3H3,(H,13,14). The summed E-state index contributed by atoms with van der Waals surface area (Å²) in [6.07, 6.45) is 0.499. The molecule has 0 rings (SSSR count). The third-order valence-corrected chi connectivity index (χ3v) is 2.07. The van der Waals surface area contributed by atoms with Gasteiger partial charge in [0.25, 0.3) is 0 Å². The Kier molecular flexibility index (Phi) is 6.44. The van der Waals surface area contributed by atoms with Crippen molar-refractivity contribution >= 4 is 5.97 Å². The van der Waals surface area contributed by atoms with Gasteiger partial charge in [-0.3, -0.25) is 4.79 Å². The summed E-state index contributed by atoms with van der Waals surface area (Å²) in [4.78, 5) is 14.6. The maximum absolute atomic E-state index is 10.4. The summed E-state index contributed by atoms with van der Waals surface area (Å²) in [5.74, 6) is -0.925. The number of nitrogens with two attached hydrogens (primary N) is 1. The van der Waals surface area contributed by atoms with E-state index in [4.69, 9.17) is 10.8 Å². The lowest BCUT2D eigenvalue weighted by Gasteiger charge is -2.19. The second kappa shape index (κ2) is 6.75. The molecule has 0 aromatic carbocycles. The molecule has 0 aliphatic heterocycles. The molecule has 5 nitrogen and oxygen atoms in total. The van der Waals surface area contributed by atoms with E-state index in [1.165, 1.54) is 0 Å². The Balaban J connectivity index is 3.53. The number of rotatable bonds is 7. The SMILES string of the molecule is CN(C)CCN(C)CCC(N)C(=O)O. The molecule has 14 heavy (non-hydrogen) atoms. The second-order valence-electron chi connectivity index (χ2n) is 3.84. The van der Waals surface area contributed by atoms with Crippen LogP contribution in [0.4, 0.5) is 0 Å². The minimum Gasteiger partial charge on any atom is -0.480 e. The van der Waals surface area contributed by atoms with E-state index in [0.29, 0.717) is 6.42 Å². The molecular weight excluding hydrogens is 182 g/mol. The number of hydrogen-bond acceptors (Lipinski definition) is 4. The van der Waals surface area contributed by atoms with Crippen molar-refractivity contribution in [3.63, 3.8) is 0 Å².